The van der Waals surface area contributed by atoms with Crippen LogP contribution in [0.25, 0.3) is 6.08 Å². The number of carbonyl (C=O) groups excluding carboxylic acids is 3. The van der Waals surface area contributed by atoms with Gasteiger partial charge < -0.3 is 0 Å². The van der Waals surface area contributed by atoms with E-state index < -0.39 is 17.8 Å². The number of carbonyl (C=O) groups is 3. The van der Waals surface area contributed by atoms with Crippen LogP contribution in [-0.4, -0.2) is 29.4 Å². The van der Waals surface area contributed by atoms with Gasteiger partial charge in [-0.05, 0) is 23.8 Å². The Hall–Kier alpha value is -3.14. The molecule has 0 unspecified atom stereocenters. The number of hydrazine groups is 1. The van der Waals surface area contributed by atoms with Gasteiger partial charge in [0.2, 0.25) is 5.91 Å². The fourth-order valence-corrected chi connectivity index (χ4v) is 1.54. The standard InChI is InChI=1S/C13H10N4O3/c14-7-10-3-1-9(2-4-10)5-6-11(18)16-17-8-12(19)15-13(17)20/h1-6H,8H2,(H,16,18)(H,15,19,20). The first kappa shape index (κ1) is 13.3. The van der Waals surface area contributed by atoms with Gasteiger partial charge >= 0.3 is 6.03 Å². The van der Waals surface area contributed by atoms with Gasteiger partial charge in [-0.1, -0.05) is 12.1 Å². The minimum Gasteiger partial charge on any atom is -0.275 e. The molecule has 1 aromatic rings. The van der Waals surface area contributed by atoms with Crippen molar-refractivity contribution in [2.24, 2.45) is 0 Å². The predicted molar refractivity (Wildman–Crippen MR) is 68.6 cm³/mol. The van der Waals surface area contributed by atoms with Crippen LogP contribution in [0.15, 0.2) is 30.3 Å². The lowest BCUT2D eigenvalue weighted by atomic mass is 10.1. The zero-order valence-electron chi connectivity index (χ0n) is 10.3. The lowest BCUT2D eigenvalue weighted by molar-refractivity contribution is -0.121. The summed E-state index contributed by atoms with van der Waals surface area (Å²) in [7, 11) is 0. The Balaban J connectivity index is 1.94. The van der Waals surface area contributed by atoms with E-state index in [-0.39, 0.29) is 6.54 Å². The number of rotatable bonds is 3. The van der Waals surface area contributed by atoms with Gasteiger partial charge in [0.15, 0.2) is 0 Å². The fraction of sp³-hybridized carbons (Fsp3) is 0.0769. The monoisotopic (exact) mass is 270 g/mol. The molecule has 20 heavy (non-hydrogen) atoms. The largest absolute Gasteiger partial charge is 0.343 e. The summed E-state index contributed by atoms with van der Waals surface area (Å²) in [6, 6.07) is 7.97. The molecule has 1 saturated heterocycles. The SMILES string of the molecule is N#Cc1ccc(C=CC(=O)NN2CC(=O)NC2=O)cc1. The molecule has 1 heterocycles. The number of nitriles is 1. The summed E-state index contributed by atoms with van der Waals surface area (Å²) in [5, 5.41) is 11.6. The third-order valence-corrected chi connectivity index (χ3v) is 2.51. The summed E-state index contributed by atoms with van der Waals surface area (Å²) >= 11 is 0. The van der Waals surface area contributed by atoms with E-state index in [1.807, 2.05) is 11.4 Å². The highest BCUT2D eigenvalue weighted by molar-refractivity contribution is 6.03. The molecule has 4 amide bonds. The van der Waals surface area contributed by atoms with E-state index in [1.54, 1.807) is 24.3 Å². The Morgan fingerprint density at radius 1 is 1.35 bits per heavy atom. The molecule has 0 saturated carbocycles. The van der Waals surface area contributed by atoms with Gasteiger partial charge in [-0.15, -0.1) is 0 Å². The van der Waals surface area contributed by atoms with Gasteiger partial charge in [-0.25, -0.2) is 9.80 Å². The highest BCUT2D eigenvalue weighted by Crippen LogP contribution is 2.05. The van der Waals surface area contributed by atoms with Crippen molar-refractivity contribution in [2.75, 3.05) is 6.54 Å². The van der Waals surface area contributed by atoms with E-state index in [9.17, 15) is 14.4 Å². The van der Waals surface area contributed by atoms with Gasteiger partial charge in [-0.3, -0.25) is 20.3 Å². The highest BCUT2D eigenvalue weighted by Gasteiger charge is 2.27. The molecule has 1 aliphatic rings. The zero-order valence-corrected chi connectivity index (χ0v) is 10.3. The summed E-state index contributed by atoms with van der Waals surface area (Å²) in [6.45, 7) is -0.199. The molecule has 0 bridgehead atoms. The fourth-order valence-electron chi connectivity index (χ4n) is 1.54. The van der Waals surface area contributed by atoms with Crippen LogP contribution in [0, 0.1) is 11.3 Å². The van der Waals surface area contributed by atoms with Gasteiger partial charge in [0.05, 0.1) is 11.6 Å². The van der Waals surface area contributed by atoms with Gasteiger partial charge in [-0.2, -0.15) is 5.26 Å². The zero-order chi connectivity index (χ0) is 14.5. The Labute approximate surface area is 114 Å². The molecule has 1 fully saturated rings. The number of imide groups is 1. The lowest BCUT2D eigenvalue weighted by Crippen LogP contribution is -2.43. The molecule has 0 radical (unpaired) electrons. The summed E-state index contributed by atoms with van der Waals surface area (Å²) in [6.07, 6.45) is 2.77. The third-order valence-electron chi connectivity index (χ3n) is 2.51. The van der Waals surface area contributed by atoms with E-state index >= 15 is 0 Å². The van der Waals surface area contributed by atoms with E-state index in [0.29, 0.717) is 5.56 Å². The molecule has 0 aromatic heterocycles. The Morgan fingerprint density at radius 2 is 2.05 bits per heavy atom. The summed E-state index contributed by atoms with van der Waals surface area (Å²) < 4.78 is 0. The number of hydrogen-bond donors (Lipinski definition) is 2. The van der Waals surface area contributed by atoms with Crippen molar-refractivity contribution < 1.29 is 14.4 Å². The maximum Gasteiger partial charge on any atom is 0.343 e. The molecule has 2 rings (SSSR count). The molecular weight excluding hydrogens is 260 g/mol. The quantitative estimate of drug-likeness (QED) is 0.603. The number of nitrogens with one attached hydrogen (secondary N) is 2. The van der Waals surface area contributed by atoms with Crippen LogP contribution < -0.4 is 10.7 Å². The van der Waals surface area contributed by atoms with Crippen LogP contribution in [0.5, 0.6) is 0 Å². The first-order valence-corrected chi connectivity index (χ1v) is 5.69. The van der Waals surface area contributed by atoms with Crippen LogP contribution in [0.2, 0.25) is 0 Å². The van der Waals surface area contributed by atoms with Crippen molar-refractivity contribution in [1.82, 2.24) is 15.8 Å². The van der Waals surface area contributed by atoms with Crippen molar-refractivity contribution in [2.45, 2.75) is 0 Å². The average molecular weight is 270 g/mol. The molecule has 7 nitrogen and oxygen atoms in total. The summed E-state index contributed by atoms with van der Waals surface area (Å²) in [4.78, 5) is 33.7. The van der Waals surface area contributed by atoms with Gasteiger partial charge in [0.25, 0.3) is 5.91 Å². The molecule has 2 N–H and O–H groups in total. The van der Waals surface area contributed by atoms with Crippen molar-refractivity contribution in [1.29, 1.82) is 5.26 Å². The minimum atomic E-state index is -0.657. The molecule has 7 heteroatoms. The Kier molecular flexibility index (Phi) is 3.77. The molecule has 1 aromatic carbocycles. The molecule has 100 valence electrons. The maximum absolute atomic E-state index is 11.6. The second-order valence-electron chi connectivity index (χ2n) is 3.98. The van der Waals surface area contributed by atoms with Crippen LogP contribution in [0.3, 0.4) is 0 Å². The van der Waals surface area contributed by atoms with Gasteiger partial charge in [0.1, 0.15) is 6.54 Å². The first-order valence-electron chi connectivity index (χ1n) is 5.69. The number of amides is 4. The predicted octanol–water partition coefficient (Wildman–Crippen LogP) is 0.154. The second kappa shape index (κ2) is 5.67. The van der Waals surface area contributed by atoms with E-state index in [2.05, 4.69) is 5.43 Å². The van der Waals surface area contributed by atoms with Crippen molar-refractivity contribution in [3.8, 4) is 6.07 Å². The first-order chi connectivity index (χ1) is 9.58. The van der Waals surface area contributed by atoms with Crippen molar-refractivity contribution in [3.63, 3.8) is 0 Å². The Morgan fingerprint density at radius 3 is 2.60 bits per heavy atom. The number of benzene rings is 1. The summed E-state index contributed by atoms with van der Waals surface area (Å²) in [5.74, 6) is -0.995. The summed E-state index contributed by atoms with van der Waals surface area (Å²) in [5.41, 5.74) is 3.54. The maximum atomic E-state index is 11.6. The van der Waals surface area contributed by atoms with Crippen LogP contribution in [0.4, 0.5) is 4.79 Å². The normalized spacial score (nSPS) is 14.2. The number of hydrogen-bond acceptors (Lipinski definition) is 4. The molecule has 1 aliphatic heterocycles. The Bertz CT molecular complexity index is 628. The minimum absolute atomic E-state index is 0.199. The third kappa shape index (κ3) is 3.20. The molecule has 0 spiro atoms. The van der Waals surface area contributed by atoms with E-state index in [0.717, 1.165) is 10.6 Å². The molecular formula is C13H10N4O3. The topological polar surface area (TPSA) is 102 Å². The van der Waals surface area contributed by atoms with Crippen molar-refractivity contribution >= 4 is 23.9 Å². The van der Waals surface area contributed by atoms with Crippen LogP contribution in [-0.2, 0) is 9.59 Å². The molecule has 0 aliphatic carbocycles. The number of urea groups is 1. The second-order valence-corrected chi connectivity index (χ2v) is 3.98. The molecule has 0 atom stereocenters. The van der Waals surface area contributed by atoms with Crippen molar-refractivity contribution in [3.05, 3.63) is 41.5 Å². The smallest absolute Gasteiger partial charge is 0.275 e. The van der Waals surface area contributed by atoms with E-state index in [4.69, 9.17) is 5.26 Å². The number of nitrogens with zero attached hydrogens (tertiary/aromatic N) is 2. The average Bonchev–Trinajstić information content (AvgIpc) is 2.75. The van der Waals surface area contributed by atoms with Crippen LogP contribution >= 0.6 is 0 Å². The van der Waals surface area contributed by atoms with Crippen LogP contribution in [0.1, 0.15) is 11.1 Å². The highest BCUT2D eigenvalue weighted by atomic mass is 16.2. The van der Waals surface area contributed by atoms with E-state index in [1.165, 1.54) is 12.2 Å². The van der Waals surface area contributed by atoms with Gasteiger partial charge in [0, 0.05) is 6.08 Å². The lowest BCUT2D eigenvalue weighted by Gasteiger charge is -2.12.